The van der Waals surface area contributed by atoms with E-state index in [0.717, 1.165) is 31.5 Å². The minimum absolute atomic E-state index is 0.0394. The minimum atomic E-state index is -0.0394. The van der Waals surface area contributed by atoms with E-state index in [-0.39, 0.29) is 17.5 Å². The molecule has 0 fully saturated rings. The predicted octanol–water partition coefficient (Wildman–Crippen LogP) is 1.50. The zero-order valence-electron chi connectivity index (χ0n) is 12.9. The molecule has 1 aromatic heterocycles. The molecule has 0 aromatic carbocycles. The van der Waals surface area contributed by atoms with E-state index in [0.29, 0.717) is 18.9 Å². The molecule has 0 bridgehead atoms. The quantitative estimate of drug-likeness (QED) is 0.743. The molecule has 1 amide bonds. The molecule has 3 N–H and O–H groups in total. The summed E-state index contributed by atoms with van der Waals surface area (Å²) in [6.45, 7) is 5.55. The van der Waals surface area contributed by atoms with Gasteiger partial charge < -0.3 is 15.6 Å². The fourth-order valence-corrected chi connectivity index (χ4v) is 2.68. The number of aryl methyl sites for hydroxylation is 1. The molecule has 0 aliphatic heterocycles. The lowest BCUT2D eigenvalue weighted by Crippen LogP contribution is -2.33. The number of aromatic amines is 1. The average molecular weight is 291 g/mol. The Balaban J connectivity index is 1.82. The standard InChI is InChI=1S/C16H25N3O2/c1-11(2)10-18-15(20)8-9-17-13-4-3-5-14-12(13)6-7-16(21)19-14/h6-7,11,13,17H,3-5,8-10H2,1-2H3,(H,18,20)(H,19,21). The smallest absolute Gasteiger partial charge is 0.248 e. The molecule has 0 saturated heterocycles. The van der Waals surface area contributed by atoms with E-state index >= 15 is 0 Å². The third kappa shape index (κ3) is 4.70. The van der Waals surface area contributed by atoms with Crippen molar-refractivity contribution < 1.29 is 4.79 Å². The Bertz CT molecular complexity index is 537. The molecular weight excluding hydrogens is 266 g/mol. The van der Waals surface area contributed by atoms with E-state index in [1.807, 2.05) is 6.07 Å². The first-order valence-electron chi connectivity index (χ1n) is 7.78. The molecule has 1 aromatic rings. The molecule has 1 aliphatic carbocycles. The summed E-state index contributed by atoms with van der Waals surface area (Å²) in [6.07, 6.45) is 3.52. The Morgan fingerprint density at radius 1 is 1.43 bits per heavy atom. The molecule has 0 radical (unpaired) electrons. The Hall–Kier alpha value is -1.62. The van der Waals surface area contributed by atoms with Gasteiger partial charge in [0, 0.05) is 37.3 Å². The van der Waals surface area contributed by atoms with Gasteiger partial charge in [-0.3, -0.25) is 9.59 Å². The van der Waals surface area contributed by atoms with Crippen LogP contribution in [-0.2, 0) is 11.2 Å². The van der Waals surface area contributed by atoms with Crippen LogP contribution in [0.5, 0.6) is 0 Å². The highest BCUT2D eigenvalue weighted by Crippen LogP contribution is 2.27. The Morgan fingerprint density at radius 2 is 2.24 bits per heavy atom. The van der Waals surface area contributed by atoms with E-state index in [1.165, 1.54) is 5.56 Å². The second-order valence-corrected chi connectivity index (χ2v) is 6.10. The van der Waals surface area contributed by atoms with Crippen LogP contribution in [0.25, 0.3) is 0 Å². The number of carbonyl (C=O) groups is 1. The maximum absolute atomic E-state index is 11.7. The van der Waals surface area contributed by atoms with Crippen molar-refractivity contribution in [2.75, 3.05) is 13.1 Å². The molecule has 21 heavy (non-hydrogen) atoms. The van der Waals surface area contributed by atoms with Crippen molar-refractivity contribution in [2.24, 2.45) is 5.92 Å². The van der Waals surface area contributed by atoms with Crippen LogP contribution in [0.15, 0.2) is 16.9 Å². The lowest BCUT2D eigenvalue weighted by Gasteiger charge is -2.26. The van der Waals surface area contributed by atoms with Gasteiger partial charge in [-0.25, -0.2) is 0 Å². The second kappa shape index (κ2) is 7.41. The van der Waals surface area contributed by atoms with Gasteiger partial charge in [0.05, 0.1) is 0 Å². The summed E-state index contributed by atoms with van der Waals surface area (Å²) in [5.41, 5.74) is 2.17. The predicted molar refractivity (Wildman–Crippen MR) is 83.2 cm³/mol. The molecule has 5 heteroatoms. The summed E-state index contributed by atoms with van der Waals surface area (Å²) in [5, 5.41) is 6.35. The number of carbonyl (C=O) groups excluding carboxylic acids is 1. The van der Waals surface area contributed by atoms with Crippen molar-refractivity contribution in [2.45, 2.75) is 45.6 Å². The van der Waals surface area contributed by atoms with Crippen molar-refractivity contribution in [3.63, 3.8) is 0 Å². The van der Waals surface area contributed by atoms with E-state index in [4.69, 9.17) is 0 Å². The monoisotopic (exact) mass is 291 g/mol. The van der Waals surface area contributed by atoms with Crippen molar-refractivity contribution in [1.29, 1.82) is 0 Å². The van der Waals surface area contributed by atoms with Gasteiger partial charge in [0.15, 0.2) is 0 Å². The maximum atomic E-state index is 11.7. The van der Waals surface area contributed by atoms with Crippen LogP contribution in [0.1, 0.15) is 50.4 Å². The molecule has 2 rings (SSSR count). The molecule has 5 nitrogen and oxygen atoms in total. The van der Waals surface area contributed by atoms with E-state index in [9.17, 15) is 9.59 Å². The van der Waals surface area contributed by atoms with Gasteiger partial charge >= 0.3 is 0 Å². The SMILES string of the molecule is CC(C)CNC(=O)CCNC1CCCc2[nH]c(=O)ccc21. The molecule has 0 spiro atoms. The van der Waals surface area contributed by atoms with Gasteiger partial charge in [0.1, 0.15) is 0 Å². The van der Waals surface area contributed by atoms with Gasteiger partial charge in [-0.05, 0) is 30.7 Å². The molecule has 116 valence electrons. The second-order valence-electron chi connectivity index (χ2n) is 6.10. The number of nitrogens with one attached hydrogen (secondary N) is 3. The van der Waals surface area contributed by atoms with Crippen molar-refractivity contribution in [3.8, 4) is 0 Å². The highest BCUT2D eigenvalue weighted by Gasteiger charge is 2.20. The number of hydrogen-bond acceptors (Lipinski definition) is 3. The molecule has 1 unspecified atom stereocenters. The highest BCUT2D eigenvalue weighted by molar-refractivity contribution is 5.76. The third-order valence-electron chi connectivity index (χ3n) is 3.78. The van der Waals surface area contributed by atoms with Gasteiger partial charge in [-0.1, -0.05) is 19.9 Å². The zero-order valence-corrected chi connectivity index (χ0v) is 12.9. The fraction of sp³-hybridized carbons (Fsp3) is 0.625. The highest BCUT2D eigenvalue weighted by atomic mass is 16.1. The minimum Gasteiger partial charge on any atom is -0.356 e. The van der Waals surface area contributed by atoms with Crippen LogP contribution in [0, 0.1) is 5.92 Å². The average Bonchev–Trinajstić information content (AvgIpc) is 2.45. The number of aromatic nitrogens is 1. The molecule has 1 aliphatic rings. The largest absolute Gasteiger partial charge is 0.356 e. The first-order valence-corrected chi connectivity index (χ1v) is 7.78. The summed E-state index contributed by atoms with van der Waals surface area (Å²) in [5.74, 6) is 0.567. The molecular formula is C16H25N3O2. The number of rotatable bonds is 6. The molecule has 1 heterocycles. The lowest BCUT2D eigenvalue weighted by molar-refractivity contribution is -0.121. The normalized spacial score (nSPS) is 17.6. The summed E-state index contributed by atoms with van der Waals surface area (Å²) in [4.78, 5) is 25.9. The maximum Gasteiger partial charge on any atom is 0.248 e. The molecule has 1 atom stereocenters. The van der Waals surface area contributed by atoms with Crippen LogP contribution >= 0.6 is 0 Å². The fourth-order valence-electron chi connectivity index (χ4n) is 2.68. The Labute approximate surface area is 125 Å². The van der Waals surface area contributed by atoms with Crippen LogP contribution in [-0.4, -0.2) is 24.0 Å². The summed E-state index contributed by atoms with van der Waals surface area (Å²) in [7, 11) is 0. The van der Waals surface area contributed by atoms with Crippen LogP contribution in [0.3, 0.4) is 0 Å². The van der Waals surface area contributed by atoms with Crippen LogP contribution in [0.2, 0.25) is 0 Å². The van der Waals surface area contributed by atoms with Gasteiger partial charge in [-0.2, -0.15) is 0 Å². The van der Waals surface area contributed by atoms with E-state index in [1.54, 1.807) is 6.07 Å². The number of H-pyrrole nitrogens is 1. The first kappa shape index (κ1) is 15.8. The number of amides is 1. The number of pyridine rings is 1. The topological polar surface area (TPSA) is 74.0 Å². The zero-order chi connectivity index (χ0) is 15.2. The Morgan fingerprint density at radius 3 is 3.00 bits per heavy atom. The number of hydrogen-bond donors (Lipinski definition) is 3. The van der Waals surface area contributed by atoms with Gasteiger partial charge in [0.25, 0.3) is 0 Å². The third-order valence-corrected chi connectivity index (χ3v) is 3.78. The van der Waals surface area contributed by atoms with E-state index in [2.05, 4.69) is 29.5 Å². The van der Waals surface area contributed by atoms with Crippen molar-refractivity contribution in [1.82, 2.24) is 15.6 Å². The Kier molecular flexibility index (Phi) is 5.56. The molecule has 0 saturated carbocycles. The number of fused-ring (bicyclic) bond motifs is 1. The van der Waals surface area contributed by atoms with Crippen LogP contribution < -0.4 is 16.2 Å². The lowest BCUT2D eigenvalue weighted by atomic mass is 9.91. The summed E-state index contributed by atoms with van der Waals surface area (Å²) < 4.78 is 0. The summed E-state index contributed by atoms with van der Waals surface area (Å²) >= 11 is 0. The van der Waals surface area contributed by atoms with Crippen LogP contribution in [0.4, 0.5) is 0 Å². The van der Waals surface area contributed by atoms with Gasteiger partial charge in [0.2, 0.25) is 11.5 Å². The van der Waals surface area contributed by atoms with Gasteiger partial charge in [-0.15, -0.1) is 0 Å². The first-order chi connectivity index (χ1) is 10.1. The van der Waals surface area contributed by atoms with E-state index < -0.39 is 0 Å². The van der Waals surface area contributed by atoms with Crippen molar-refractivity contribution >= 4 is 5.91 Å². The summed E-state index contributed by atoms with van der Waals surface area (Å²) in [6, 6.07) is 3.72. The van der Waals surface area contributed by atoms with Crippen molar-refractivity contribution in [3.05, 3.63) is 33.7 Å².